The molecule has 2 aromatic carbocycles. The minimum atomic E-state index is -0.178. The molecule has 174 valence electrons. The third kappa shape index (κ3) is 6.52. The van der Waals surface area contributed by atoms with Gasteiger partial charge in [-0.1, -0.05) is 70.2 Å². The van der Waals surface area contributed by atoms with Crippen molar-refractivity contribution in [3.63, 3.8) is 0 Å². The number of hydrogen-bond donors (Lipinski definition) is 2. The maximum Gasteiger partial charge on any atom is 0.236 e. The molecule has 0 aliphatic carbocycles. The van der Waals surface area contributed by atoms with Crippen LogP contribution in [0.3, 0.4) is 0 Å². The van der Waals surface area contributed by atoms with E-state index in [1.807, 2.05) is 67.0 Å². The van der Waals surface area contributed by atoms with Crippen molar-refractivity contribution in [2.75, 3.05) is 11.1 Å². The fourth-order valence-electron chi connectivity index (χ4n) is 3.02. The van der Waals surface area contributed by atoms with Gasteiger partial charge in [-0.3, -0.25) is 9.59 Å². The molecule has 0 aliphatic heterocycles. The number of nitrogens with one attached hydrogen (secondary N) is 2. The fraction of sp³-hybridized carbons (Fsp3) is 0.174. The van der Waals surface area contributed by atoms with E-state index in [2.05, 4.69) is 41.7 Å². The Morgan fingerprint density at radius 3 is 2.59 bits per heavy atom. The normalized spacial score (nSPS) is 10.8. The molecule has 0 saturated carbocycles. The number of halogens is 1. The summed E-state index contributed by atoms with van der Waals surface area (Å²) in [4.78, 5) is 29.0. The van der Waals surface area contributed by atoms with E-state index in [1.54, 1.807) is 4.57 Å². The molecule has 11 heteroatoms. The summed E-state index contributed by atoms with van der Waals surface area (Å²) in [6, 6.07) is 17.4. The van der Waals surface area contributed by atoms with Gasteiger partial charge < -0.3 is 15.2 Å². The number of thiazole rings is 1. The Hall–Kier alpha value is -3.02. The Balaban J connectivity index is 1.25. The largest absolute Gasteiger partial charge is 0.349 e. The van der Waals surface area contributed by atoms with Crippen LogP contribution in [0.2, 0.25) is 0 Å². The number of carbonyl (C=O) groups excluding carboxylic acids is 2. The van der Waals surface area contributed by atoms with E-state index >= 15 is 0 Å². The molecule has 0 saturated heterocycles. The van der Waals surface area contributed by atoms with Gasteiger partial charge in [-0.25, -0.2) is 4.98 Å². The number of aromatic nitrogens is 4. The summed E-state index contributed by atoms with van der Waals surface area (Å²) in [5.41, 5.74) is 2.74. The molecule has 0 fully saturated rings. The fourth-order valence-corrected chi connectivity index (χ4v) is 4.75. The van der Waals surface area contributed by atoms with Gasteiger partial charge in [0.15, 0.2) is 16.1 Å². The summed E-state index contributed by atoms with van der Waals surface area (Å²) < 4.78 is 2.77. The number of amides is 2. The van der Waals surface area contributed by atoms with Crippen LogP contribution in [0.5, 0.6) is 0 Å². The van der Waals surface area contributed by atoms with Crippen LogP contribution in [0.25, 0.3) is 11.3 Å². The smallest absolute Gasteiger partial charge is 0.236 e. The minimum Gasteiger partial charge on any atom is -0.349 e. The molecule has 0 spiro atoms. The number of hydrogen-bond acceptors (Lipinski definition) is 7. The second-order valence-electron chi connectivity index (χ2n) is 7.28. The maximum atomic E-state index is 12.4. The quantitative estimate of drug-likeness (QED) is 0.298. The third-order valence-corrected chi connectivity index (χ3v) is 7.11. The summed E-state index contributed by atoms with van der Waals surface area (Å²) in [6.07, 6.45) is 0.306. The lowest BCUT2D eigenvalue weighted by Gasteiger charge is -2.06. The SMILES string of the molecule is Cn1c(CNC(=O)Cc2ccccc2)nnc1SCC(=O)Nc1nc(-c2ccc(Br)cc2)cs1. The first-order chi connectivity index (χ1) is 16.5. The van der Waals surface area contributed by atoms with E-state index in [0.717, 1.165) is 21.3 Å². The Morgan fingerprint density at radius 1 is 1.06 bits per heavy atom. The van der Waals surface area contributed by atoms with Gasteiger partial charge in [0, 0.05) is 22.5 Å². The van der Waals surface area contributed by atoms with Gasteiger partial charge in [0.1, 0.15) is 0 Å². The Bertz CT molecular complexity index is 1270. The molecule has 2 N–H and O–H groups in total. The number of carbonyl (C=O) groups is 2. The van der Waals surface area contributed by atoms with Crippen LogP contribution in [0.4, 0.5) is 5.13 Å². The number of nitrogens with zero attached hydrogens (tertiary/aromatic N) is 4. The van der Waals surface area contributed by atoms with Gasteiger partial charge in [0.25, 0.3) is 0 Å². The van der Waals surface area contributed by atoms with Crippen LogP contribution < -0.4 is 10.6 Å². The standard InChI is InChI=1S/C23H21BrN6O2S2/c1-30-19(12-25-20(31)11-15-5-3-2-4-6-15)28-29-23(30)34-14-21(32)27-22-26-18(13-33-22)16-7-9-17(24)10-8-16/h2-10,13H,11-12,14H2,1H3,(H,25,31)(H,26,27,32). The predicted molar refractivity (Wildman–Crippen MR) is 138 cm³/mol. The Morgan fingerprint density at radius 2 is 1.82 bits per heavy atom. The molecule has 0 atom stereocenters. The van der Waals surface area contributed by atoms with Crippen molar-refractivity contribution >= 4 is 56.0 Å². The Labute approximate surface area is 213 Å². The van der Waals surface area contributed by atoms with Gasteiger partial charge in [-0.05, 0) is 17.7 Å². The van der Waals surface area contributed by atoms with Crippen LogP contribution in [0.1, 0.15) is 11.4 Å². The molecule has 8 nitrogen and oxygen atoms in total. The molecule has 4 rings (SSSR count). The number of anilines is 1. The molecule has 0 bridgehead atoms. The second-order valence-corrected chi connectivity index (χ2v) is 9.99. The van der Waals surface area contributed by atoms with Crippen molar-refractivity contribution in [1.29, 1.82) is 0 Å². The number of rotatable bonds is 9. The average molecular weight is 557 g/mol. The molecule has 2 aromatic heterocycles. The monoisotopic (exact) mass is 556 g/mol. The van der Waals surface area contributed by atoms with E-state index in [1.165, 1.54) is 23.1 Å². The zero-order valence-corrected chi connectivity index (χ0v) is 21.4. The van der Waals surface area contributed by atoms with Crippen LogP contribution >= 0.6 is 39.0 Å². The highest BCUT2D eigenvalue weighted by Gasteiger charge is 2.14. The molecule has 2 amide bonds. The molecule has 0 aliphatic rings. The topological polar surface area (TPSA) is 102 Å². The molecular formula is C23H21BrN6O2S2. The first-order valence-electron chi connectivity index (χ1n) is 10.3. The van der Waals surface area contributed by atoms with Gasteiger partial charge in [-0.2, -0.15) is 0 Å². The van der Waals surface area contributed by atoms with E-state index in [4.69, 9.17) is 0 Å². The molecule has 0 radical (unpaired) electrons. The lowest BCUT2D eigenvalue weighted by atomic mass is 10.1. The van der Waals surface area contributed by atoms with E-state index in [-0.39, 0.29) is 24.1 Å². The van der Waals surface area contributed by atoms with Crippen molar-refractivity contribution in [3.8, 4) is 11.3 Å². The lowest BCUT2D eigenvalue weighted by molar-refractivity contribution is -0.120. The van der Waals surface area contributed by atoms with Gasteiger partial charge in [-0.15, -0.1) is 21.5 Å². The van der Waals surface area contributed by atoms with Crippen molar-refractivity contribution in [1.82, 2.24) is 25.1 Å². The highest BCUT2D eigenvalue weighted by Crippen LogP contribution is 2.26. The average Bonchev–Trinajstić information content (AvgIpc) is 3.44. The molecule has 34 heavy (non-hydrogen) atoms. The molecule has 2 heterocycles. The van der Waals surface area contributed by atoms with E-state index in [9.17, 15) is 9.59 Å². The van der Waals surface area contributed by atoms with Crippen molar-refractivity contribution in [3.05, 3.63) is 75.8 Å². The highest BCUT2D eigenvalue weighted by molar-refractivity contribution is 9.10. The summed E-state index contributed by atoms with van der Waals surface area (Å²) >= 11 is 6.07. The van der Waals surface area contributed by atoms with Crippen molar-refractivity contribution < 1.29 is 9.59 Å². The van der Waals surface area contributed by atoms with E-state index in [0.29, 0.717) is 22.5 Å². The summed E-state index contributed by atoms with van der Waals surface area (Å²) in [7, 11) is 1.81. The Kier molecular flexibility index (Phi) is 8.09. The van der Waals surface area contributed by atoms with Gasteiger partial charge in [0.2, 0.25) is 11.8 Å². The highest BCUT2D eigenvalue weighted by atomic mass is 79.9. The maximum absolute atomic E-state index is 12.4. The second kappa shape index (κ2) is 11.4. The van der Waals surface area contributed by atoms with Crippen LogP contribution in [-0.2, 0) is 29.6 Å². The summed E-state index contributed by atoms with van der Waals surface area (Å²) in [6.45, 7) is 0.264. The summed E-state index contributed by atoms with van der Waals surface area (Å²) in [5, 5.41) is 17.0. The molecular weight excluding hydrogens is 536 g/mol. The first-order valence-corrected chi connectivity index (χ1v) is 13.0. The lowest BCUT2D eigenvalue weighted by Crippen LogP contribution is -2.26. The predicted octanol–water partition coefficient (Wildman–Crippen LogP) is 4.29. The van der Waals surface area contributed by atoms with E-state index < -0.39 is 0 Å². The van der Waals surface area contributed by atoms with Crippen LogP contribution in [0.15, 0.2) is 69.6 Å². The van der Waals surface area contributed by atoms with Gasteiger partial charge >= 0.3 is 0 Å². The van der Waals surface area contributed by atoms with Crippen molar-refractivity contribution in [2.45, 2.75) is 18.1 Å². The number of benzene rings is 2. The van der Waals surface area contributed by atoms with Gasteiger partial charge in [0.05, 0.1) is 24.4 Å². The van der Waals surface area contributed by atoms with Crippen LogP contribution in [-0.4, -0.2) is 37.3 Å². The number of thioether (sulfide) groups is 1. The zero-order valence-electron chi connectivity index (χ0n) is 18.2. The molecule has 4 aromatic rings. The first kappa shape index (κ1) is 24.1. The minimum absolute atomic E-state index is 0.0891. The van der Waals surface area contributed by atoms with Crippen LogP contribution in [0, 0.1) is 0 Å². The molecule has 0 unspecified atom stereocenters. The zero-order chi connectivity index (χ0) is 23.9. The third-order valence-electron chi connectivity index (χ3n) is 4.80. The summed E-state index contributed by atoms with van der Waals surface area (Å²) in [5.74, 6) is 0.513. The van der Waals surface area contributed by atoms with Crippen molar-refractivity contribution in [2.24, 2.45) is 7.05 Å².